The Morgan fingerprint density at radius 1 is 1.00 bits per heavy atom. The number of aryl methyl sites for hydroxylation is 2. The molecule has 1 aromatic heterocycles. The van der Waals surface area contributed by atoms with Crippen molar-refractivity contribution < 1.29 is 9.59 Å². The third-order valence-corrected chi connectivity index (χ3v) is 4.57. The van der Waals surface area contributed by atoms with E-state index in [-0.39, 0.29) is 16.5 Å². The summed E-state index contributed by atoms with van der Waals surface area (Å²) in [5, 5.41) is 2.98. The van der Waals surface area contributed by atoms with E-state index in [1.165, 1.54) is 12.1 Å². The lowest BCUT2D eigenvalue weighted by molar-refractivity contribution is 0.0996. The van der Waals surface area contributed by atoms with Gasteiger partial charge in [-0.25, -0.2) is 9.97 Å². The van der Waals surface area contributed by atoms with Crippen molar-refractivity contribution in [2.45, 2.75) is 26.7 Å². The molecule has 3 rings (SSSR count). The highest BCUT2D eigenvalue weighted by atomic mass is 35.5. The van der Waals surface area contributed by atoms with Crippen LogP contribution >= 0.6 is 11.6 Å². The maximum absolute atomic E-state index is 12.6. The smallest absolute Gasteiger partial charge is 0.255 e. The molecular formula is C20H19ClN4O2. The van der Waals surface area contributed by atoms with E-state index in [9.17, 15) is 9.59 Å². The summed E-state index contributed by atoms with van der Waals surface area (Å²) in [5.41, 5.74) is 9.65. The molecule has 3 aromatic rings. The summed E-state index contributed by atoms with van der Waals surface area (Å²) in [4.78, 5) is 33.3. The van der Waals surface area contributed by atoms with Crippen molar-refractivity contribution in [3.05, 3.63) is 63.9 Å². The van der Waals surface area contributed by atoms with Gasteiger partial charge in [-0.3, -0.25) is 9.59 Å². The predicted molar refractivity (Wildman–Crippen MR) is 106 cm³/mol. The number of nitrogens with one attached hydrogen (secondary N) is 1. The number of halogens is 1. The van der Waals surface area contributed by atoms with Gasteiger partial charge in [0, 0.05) is 11.3 Å². The van der Waals surface area contributed by atoms with Gasteiger partial charge in [0.1, 0.15) is 0 Å². The maximum atomic E-state index is 12.6. The van der Waals surface area contributed by atoms with E-state index in [0.717, 1.165) is 29.7 Å². The van der Waals surface area contributed by atoms with Gasteiger partial charge in [0.2, 0.25) is 5.91 Å². The Balaban J connectivity index is 1.92. The number of hydrogen-bond acceptors (Lipinski definition) is 4. The van der Waals surface area contributed by atoms with E-state index in [1.54, 1.807) is 24.3 Å². The molecule has 2 aromatic carbocycles. The van der Waals surface area contributed by atoms with E-state index in [2.05, 4.69) is 15.3 Å². The first-order valence-corrected chi connectivity index (χ1v) is 9.01. The molecular weight excluding hydrogens is 364 g/mol. The number of anilines is 1. The van der Waals surface area contributed by atoms with Crippen LogP contribution in [0.3, 0.4) is 0 Å². The fraction of sp³-hybridized carbons (Fsp3) is 0.200. The predicted octanol–water partition coefficient (Wildman–Crippen LogP) is 3.76. The van der Waals surface area contributed by atoms with Gasteiger partial charge >= 0.3 is 0 Å². The maximum Gasteiger partial charge on any atom is 0.255 e. The van der Waals surface area contributed by atoms with Crippen molar-refractivity contribution in [1.29, 1.82) is 0 Å². The molecule has 0 aliphatic rings. The summed E-state index contributed by atoms with van der Waals surface area (Å²) < 4.78 is 0. The highest BCUT2D eigenvalue weighted by Crippen LogP contribution is 2.21. The number of carbonyl (C=O) groups is 2. The van der Waals surface area contributed by atoms with Gasteiger partial charge in [0.15, 0.2) is 0 Å². The third-order valence-electron chi connectivity index (χ3n) is 4.24. The first kappa shape index (κ1) is 18.8. The van der Waals surface area contributed by atoms with Crippen LogP contribution in [0.5, 0.6) is 0 Å². The molecule has 0 aliphatic heterocycles. The number of carbonyl (C=O) groups excluding carboxylic acids is 2. The Bertz CT molecular complexity index is 1050. The van der Waals surface area contributed by atoms with Crippen LogP contribution in [-0.2, 0) is 12.8 Å². The van der Waals surface area contributed by atoms with Crippen LogP contribution in [0, 0.1) is 0 Å². The number of nitrogens with zero attached hydrogens (tertiary/aromatic N) is 2. The second kappa shape index (κ2) is 7.72. The van der Waals surface area contributed by atoms with Crippen LogP contribution in [0.2, 0.25) is 5.02 Å². The average Bonchev–Trinajstić information content (AvgIpc) is 2.67. The van der Waals surface area contributed by atoms with Crippen molar-refractivity contribution >= 4 is 40.1 Å². The Morgan fingerprint density at radius 2 is 1.67 bits per heavy atom. The Morgan fingerprint density at radius 3 is 2.30 bits per heavy atom. The number of benzene rings is 2. The number of fused-ring (bicyclic) bond motifs is 1. The zero-order valence-electron chi connectivity index (χ0n) is 15.0. The number of amides is 2. The molecule has 138 valence electrons. The molecule has 27 heavy (non-hydrogen) atoms. The highest BCUT2D eigenvalue weighted by molar-refractivity contribution is 6.34. The van der Waals surface area contributed by atoms with Crippen LogP contribution < -0.4 is 11.1 Å². The second-order valence-electron chi connectivity index (χ2n) is 6.04. The summed E-state index contributed by atoms with van der Waals surface area (Å²) in [6.45, 7) is 4.08. The van der Waals surface area contributed by atoms with Crippen molar-refractivity contribution in [2.75, 3.05) is 5.32 Å². The lowest BCUT2D eigenvalue weighted by Gasteiger charge is -2.10. The van der Waals surface area contributed by atoms with Gasteiger partial charge in [-0.05, 0) is 49.2 Å². The topological polar surface area (TPSA) is 98.0 Å². The fourth-order valence-corrected chi connectivity index (χ4v) is 3.04. The molecule has 7 heteroatoms. The highest BCUT2D eigenvalue weighted by Gasteiger charge is 2.13. The third kappa shape index (κ3) is 3.90. The van der Waals surface area contributed by atoms with Crippen LogP contribution in [0.25, 0.3) is 11.0 Å². The average molecular weight is 383 g/mol. The van der Waals surface area contributed by atoms with Crippen molar-refractivity contribution in [1.82, 2.24) is 9.97 Å². The minimum absolute atomic E-state index is 0.151. The number of primary amides is 1. The fourth-order valence-electron chi connectivity index (χ4n) is 2.83. The van der Waals surface area contributed by atoms with Gasteiger partial charge < -0.3 is 11.1 Å². The summed E-state index contributed by atoms with van der Waals surface area (Å²) in [7, 11) is 0. The number of rotatable bonds is 5. The molecule has 0 fully saturated rings. The molecule has 0 atom stereocenters. The largest absolute Gasteiger partial charge is 0.366 e. The molecule has 0 radical (unpaired) electrons. The number of hydrogen-bond donors (Lipinski definition) is 2. The van der Waals surface area contributed by atoms with Crippen LogP contribution in [-0.4, -0.2) is 21.8 Å². The van der Waals surface area contributed by atoms with E-state index in [4.69, 9.17) is 17.3 Å². The molecule has 0 bridgehead atoms. The minimum atomic E-state index is -0.657. The normalized spacial score (nSPS) is 10.8. The zero-order valence-corrected chi connectivity index (χ0v) is 15.8. The first-order valence-electron chi connectivity index (χ1n) is 8.63. The minimum Gasteiger partial charge on any atom is -0.366 e. The summed E-state index contributed by atoms with van der Waals surface area (Å²) in [6, 6.07) is 9.77. The Kier molecular flexibility index (Phi) is 5.37. The number of nitrogens with two attached hydrogens (primary N) is 1. The first-order chi connectivity index (χ1) is 12.9. The summed E-state index contributed by atoms with van der Waals surface area (Å²) in [5.74, 6) is -0.982. The van der Waals surface area contributed by atoms with E-state index < -0.39 is 5.91 Å². The molecule has 0 spiro atoms. The number of aromatic nitrogens is 2. The molecule has 2 amide bonds. The zero-order chi connectivity index (χ0) is 19.6. The van der Waals surface area contributed by atoms with Gasteiger partial charge in [0.25, 0.3) is 5.91 Å². The second-order valence-corrected chi connectivity index (χ2v) is 6.45. The molecule has 1 heterocycles. The standard InChI is InChI=1S/C20H19ClN4O2/c1-3-15-16(4-2)25-18-9-11(5-8-17(18)24-15)20(27)23-12-6-7-14(21)13(10-12)19(22)26/h5-10H,3-4H2,1-2H3,(H2,22,26)(H,23,27). The van der Waals surface area contributed by atoms with E-state index in [1.807, 2.05) is 13.8 Å². The molecule has 0 saturated heterocycles. The van der Waals surface area contributed by atoms with E-state index in [0.29, 0.717) is 16.8 Å². The van der Waals surface area contributed by atoms with Gasteiger partial charge in [0.05, 0.1) is 33.0 Å². The quantitative estimate of drug-likeness (QED) is 0.701. The molecule has 0 aliphatic carbocycles. The van der Waals surface area contributed by atoms with Gasteiger partial charge in [-0.2, -0.15) is 0 Å². The van der Waals surface area contributed by atoms with E-state index >= 15 is 0 Å². The monoisotopic (exact) mass is 382 g/mol. The van der Waals surface area contributed by atoms with Crippen molar-refractivity contribution in [3.63, 3.8) is 0 Å². The van der Waals surface area contributed by atoms with Crippen LogP contribution in [0.15, 0.2) is 36.4 Å². The van der Waals surface area contributed by atoms with Crippen LogP contribution in [0.1, 0.15) is 46.0 Å². The lowest BCUT2D eigenvalue weighted by atomic mass is 10.1. The summed E-state index contributed by atoms with van der Waals surface area (Å²) in [6.07, 6.45) is 1.59. The van der Waals surface area contributed by atoms with Gasteiger partial charge in [-0.1, -0.05) is 25.4 Å². The Labute approximate surface area is 161 Å². The molecule has 0 saturated carbocycles. The summed E-state index contributed by atoms with van der Waals surface area (Å²) >= 11 is 5.93. The molecule has 0 unspecified atom stereocenters. The van der Waals surface area contributed by atoms with Crippen molar-refractivity contribution in [3.8, 4) is 0 Å². The SMILES string of the molecule is CCc1nc2ccc(C(=O)Nc3ccc(Cl)c(C(N)=O)c3)cc2nc1CC. The van der Waals surface area contributed by atoms with Crippen LogP contribution in [0.4, 0.5) is 5.69 Å². The Hall–Kier alpha value is -2.99. The molecule has 6 nitrogen and oxygen atoms in total. The van der Waals surface area contributed by atoms with Gasteiger partial charge in [-0.15, -0.1) is 0 Å². The molecule has 3 N–H and O–H groups in total. The lowest BCUT2D eigenvalue weighted by Crippen LogP contribution is -2.15. The van der Waals surface area contributed by atoms with Crippen molar-refractivity contribution in [2.24, 2.45) is 5.73 Å².